The van der Waals surface area contributed by atoms with Crippen LogP contribution in [-0.2, 0) is 16.6 Å². The van der Waals surface area contributed by atoms with Crippen molar-refractivity contribution in [1.29, 1.82) is 0 Å². The van der Waals surface area contributed by atoms with Crippen LogP contribution < -0.4 is 5.32 Å². The van der Waals surface area contributed by atoms with Gasteiger partial charge in [0.15, 0.2) is 5.69 Å². The van der Waals surface area contributed by atoms with Crippen molar-refractivity contribution in [3.05, 3.63) is 38.5 Å². The molecule has 0 fully saturated rings. The minimum Gasteiger partial charge on any atom is -0.476 e. The Balaban J connectivity index is 1.88. The molecule has 0 atom stereocenters. The Morgan fingerprint density at radius 2 is 2.14 bits per heavy atom. The highest BCUT2D eigenvalue weighted by atomic mass is 32.1. The monoisotopic (exact) mass is 324 g/mol. The molecule has 7 heteroatoms. The van der Waals surface area contributed by atoms with Gasteiger partial charge >= 0.3 is 5.97 Å². The largest absolute Gasteiger partial charge is 0.476 e. The van der Waals surface area contributed by atoms with Gasteiger partial charge in [-0.25, -0.2) is 9.78 Å². The van der Waals surface area contributed by atoms with E-state index >= 15 is 0 Å². The lowest BCUT2D eigenvalue weighted by molar-refractivity contribution is -0.125. The van der Waals surface area contributed by atoms with Gasteiger partial charge in [0.25, 0.3) is 0 Å². The van der Waals surface area contributed by atoms with Crippen molar-refractivity contribution >= 4 is 34.6 Å². The van der Waals surface area contributed by atoms with E-state index < -0.39 is 11.4 Å². The molecule has 0 unspecified atom stereocenters. The van der Waals surface area contributed by atoms with E-state index in [9.17, 15) is 9.59 Å². The average Bonchev–Trinajstić information content (AvgIpc) is 3.10. The van der Waals surface area contributed by atoms with Gasteiger partial charge in [0.2, 0.25) is 5.91 Å². The second-order valence-corrected chi connectivity index (χ2v) is 6.93. The summed E-state index contributed by atoms with van der Waals surface area (Å²) >= 11 is 2.85. The molecule has 2 aromatic rings. The van der Waals surface area contributed by atoms with Gasteiger partial charge in [0.1, 0.15) is 0 Å². The topological polar surface area (TPSA) is 79.3 Å². The van der Waals surface area contributed by atoms with Crippen molar-refractivity contribution in [1.82, 2.24) is 10.3 Å². The molecule has 0 radical (unpaired) electrons. The van der Waals surface area contributed by atoms with Gasteiger partial charge in [0, 0.05) is 23.2 Å². The molecule has 0 aliphatic heterocycles. The van der Waals surface area contributed by atoms with Gasteiger partial charge in [-0.3, -0.25) is 4.79 Å². The first kappa shape index (κ1) is 15.7. The standard InChI is InChI=1S/C14H16N2O3S2/c1-14(2,10-4-3-7-20-10)13(19)15-6-5-11-16-9(8-21-11)12(17)18/h3-4,7-8H,5-6H2,1-2H3,(H,15,19)(H,17,18). The highest BCUT2D eigenvalue weighted by Gasteiger charge is 2.30. The number of rotatable bonds is 6. The minimum atomic E-state index is -1.03. The number of carboxylic acid groups (broad SMARTS) is 1. The number of carbonyl (C=O) groups excluding carboxylic acids is 1. The first-order valence-electron chi connectivity index (χ1n) is 6.41. The molecule has 0 aromatic carbocycles. The van der Waals surface area contributed by atoms with Gasteiger partial charge in [-0.1, -0.05) is 6.07 Å². The van der Waals surface area contributed by atoms with E-state index in [4.69, 9.17) is 5.11 Å². The van der Waals surface area contributed by atoms with E-state index in [1.807, 2.05) is 31.4 Å². The second kappa shape index (κ2) is 6.36. The zero-order valence-corrected chi connectivity index (χ0v) is 13.4. The summed E-state index contributed by atoms with van der Waals surface area (Å²) in [6.07, 6.45) is 0.532. The molecular formula is C14H16N2O3S2. The lowest BCUT2D eigenvalue weighted by Crippen LogP contribution is -2.40. The van der Waals surface area contributed by atoms with Crippen molar-refractivity contribution in [3.8, 4) is 0 Å². The first-order chi connectivity index (χ1) is 9.91. The van der Waals surface area contributed by atoms with Gasteiger partial charge in [-0.05, 0) is 25.3 Å². The summed E-state index contributed by atoms with van der Waals surface area (Å²) in [5.41, 5.74) is -0.510. The molecule has 0 saturated carbocycles. The summed E-state index contributed by atoms with van der Waals surface area (Å²) in [6, 6.07) is 3.88. The SMILES string of the molecule is CC(C)(C(=O)NCCc1nc(C(=O)O)cs1)c1cccs1. The molecule has 0 saturated heterocycles. The molecule has 2 aromatic heterocycles. The number of amides is 1. The van der Waals surface area contributed by atoms with Crippen LogP contribution >= 0.6 is 22.7 Å². The summed E-state index contributed by atoms with van der Waals surface area (Å²) in [5.74, 6) is -1.07. The molecule has 21 heavy (non-hydrogen) atoms. The maximum atomic E-state index is 12.3. The summed E-state index contributed by atoms with van der Waals surface area (Å²) in [6.45, 7) is 4.22. The predicted octanol–water partition coefficient (Wildman–Crippen LogP) is 2.54. The van der Waals surface area contributed by atoms with Gasteiger partial charge in [-0.15, -0.1) is 22.7 Å². The zero-order chi connectivity index (χ0) is 15.5. The Hall–Kier alpha value is -1.73. The number of hydrogen-bond donors (Lipinski definition) is 2. The number of carboxylic acids is 1. The van der Waals surface area contributed by atoms with E-state index in [1.54, 1.807) is 11.3 Å². The molecule has 2 rings (SSSR count). The summed E-state index contributed by atoms with van der Waals surface area (Å²) in [4.78, 5) is 28.0. The fourth-order valence-corrected chi connectivity index (χ4v) is 3.39. The molecule has 0 aliphatic carbocycles. The predicted molar refractivity (Wildman–Crippen MR) is 83.1 cm³/mol. The molecule has 1 amide bonds. The van der Waals surface area contributed by atoms with Crippen LogP contribution in [0, 0.1) is 0 Å². The third kappa shape index (κ3) is 3.68. The Bertz CT molecular complexity index is 632. The number of nitrogens with zero attached hydrogens (tertiary/aromatic N) is 1. The van der Waals surface area contributed by atoms with Gasteiger partial charge in [0.05, 0.1) is 10.4 Å². The van der Waals surface area contributed by atoms with Crippen LogP contribution in [0.1, 0.15) is 34.2 Å². The molecule has 2 N–H and O–H groups in total. The highest BCUT2D eigenvalue weighted by Crippen LogP contribution is 2.27. The van der Waals surface area contributed by atoms with Crippen LogP contribution in [-0.4, -0.2) is 28.5 Å². The number of thiazole rings is 1. The number of aromatic carboxylic acids is 1. The van der Waals surface area contributed by atoms with E-state index in [1.165, 1.54) is 16.7 Å². The Labute approximate surface area is 130 Å². The molecule has 0 bridgehead atoms. The van der Waals surface area contributed by atoms with E-state index in [0.717, 1.165) is 4.88 Å². The molecule has 2 heterocycles. The smallest absolute Gasteiger partial charge is 0.355 e. The van der Waals surface area contributed by atoms with Crippen LogP contribution in [0.5, 0.6) is 0 Å². The Morgan fingerprint density at radius 1 is 1.38 bits per heavy atom. The van der Waals surface area contributed by atoms with Crippen LogP contribution in [0.4, 0.5) is 0 Å². The Morgan fingerprint density at radius 3 is 2.71 bits per heavy atom. The lowest BCUT2D eigenvalue weighted by atomic mass is 9.90. The quantitative estimate of drug-likeness (QED) is 0.856. The van der Waals surface area contributed by atoms with Crippen LogP contribution in [0.3, 0.4) is 0 Å². The number of thiophene rings is 1. The van der Waals surface area contributed by atoms with Gasteiger partial charge < -0.3 is 10.4 Å². The molecule has 112 valence electrons. The maximum absolute atomic E-state index is 12.3. The highest BCUT2D eigenvalue weighted by molar-refractivity contribution is 7.10. The number of nitrogens with one attached hydrogen (secondary N) is 1. The van der Waals surface area contributed by atoms with Crippen LogP contribution in [0.15, 0.2) is 22.9 Å². The van der Waals surface area contributed by atoms with Crippen LogP contribution in [0.2, 0.25) is 0 Å². The fraction of sp³-hybridized carbons (Fsp3) is 0.357. The second-order valence-electron chi connectivity index (χ2n) is 5.04. The molecule has 5 nitrogen and oxygen atoms in total. The van der Waals surface area contributed by atoms with E-state index in [2.05, 4.69) is 10.3 Å². The Kier molecular flexibility index (Phi) is 4.74. The fourth-order valence-electron chi connectivity index (χ4n) is 1.77. The maximum Gasteiger partial charge on any atom is 0.355 e. The molecule has 0 spiro atoms. The minimum absolute atomic E-state index is 0.0417. The van der Waals surface area contributed by atoms with Crippen molar-refractivity contribution in [3.63, 3.8) is 0 Å². The van der Waals surface area contributed by atoms with Crippen molar-refractivity contribution in [2.45, 2.75) is 25.7 Å². The van der Waals surface area contributed by atoms with Gasteiger partial charge in [-0.2, -0.15) is 0 Å². The average molecular weight is 324 g/mol. The third-order valence-corrected chi connectivity index (χ3v) is 5.20. The first-order valence-corrected chi connectivity index (χ1v) is 8.17. The lowest BCUT2D eigenvalue weighted by Gasteiger charge is -2.22. The van der Waals surface area contributed by atoms with Crippen LogP contribution in [0.25, 0.3) is 0 Å². The van der Waals surface area contributed by atoms with Crippen molar-refractivity contribution in [2.75, 3.05) is 6.54 Å². The summed E-state index contributed by atoms with van der Waals surface area (Å²) in [5, 5.41) is 15.9. The number of aromatic nitrogens is 1. The zero-order valence-electron chi connectivity index (χ0n) is 11.8. The van der Waals surface area contributed by atoms with E-state index in [-0.39, 0.29) is 11.6 Å². The summed E-state index contributed by atoms with van der Waals surface area (Å²) < 4.78 is 0. The molecule has 0 aliphatic rings. The number of hydrogen-bond acceptors (Lipinski definition) is 5. The van der Waals surface area contributed by atoms with Crippen molar-refractivity contribution in [2.24, 2.45) is 0 Å². The van der Waals surface area contributed by atoms with Crippen molar-refractivity contribution < 1.29 is 14.7 Å². The number of carbonyl (C=O) groups is 2. The normalized spacial score (nSPS) is 11.3. The van der Waals surface area contributed by atoms with E-state index in [0.29, 0.717) is 18.0 Å². The summed E-state index contributed by atoms with van der Waals surface area (Å²) in [7, 11) is 0. The third-order valence-electron chi connectivity index (χ3n) is 3.10. The molecular weight excluding hydrogens is 308 g/mol.